The SMILES string of the molecule is CCCCO[P@](C)(=O)Cl. The summed E-state index contributed by atoms with van der Waals surface area (Å²) < 4.78 is 15.4. The van der Waals surface area contributed by atoms with Crippen LogP contribution in [0.1, 0.15) is 19.8 Å². The van der Waals surface area contributed by atoms with Crippen molar-refractivity contribution in [3.8, 4) is 0 Å². The van der Waals surface area contributed by atoms with Crippen molar-refractivity contribution in [1.82, 2.24) is 0 Å². The van der Waals surface area contributed by atoms with Gasteiger partial charge in [0.2, 0.25) is 0 Å². The van der Waals surface area contributed by atoms with Crippen molar-refractivity contribution in [3.63, 3.8) is 0 Å². The first-order chi connectivity index (χ1) is 4.06. The van der Waals surface area contributed by atoms with Gasteiger partial charge in [-0.1, -0.05) is 13.3 Å². The van der Waals surface area contributed by atoms with Gasteiger partial charge in [-0.2, -0.15) is 0 Å². The van der Waals surface area contributed by atoms with E-state index in [1.165, 1.54) is 6.66 Å². The third-order valence-electron chi connectivity index (χ3n) is 0.820. The van der Waals surface area contributed by atoms with E-state index in [0.29, 0.717) is 6.61 Å². The molecule has 0 heterocycles. The molecule has 4 heteroatoms. The average Bonchev–Trinajstić information content (AvgIpc) is 1.63. The molecule has 0 rings (SSSR count). The van der Waals surface area contributed by atoms with Gasteiger partial charge < -0.3 is 4.52 Å². The van der Waals surface area contributed by atoms with Crippen LogP contribution in [-0.2, 0) is 9.09 Å². The van der Waals surface area contributed by atoms with Gasteiger partial charge in [-0.25, -0.2) is 0 Å². The molecule has 0 aromatic rings. The number of unbranched alkanes of at least 4 members (excludes halogenated alkanes) is 1. The zero-order chi connectivity index (χ0) is 7.33. The Morgan fingerprint density at radius 1 is 1.67 bits per heavy atom. The van der Waals surface area contributed by atoms with Gasteiger partial charge in [-0.3, -0.25) is 4.57 Å². The highest BCUT2D eigenvalue weighted by Crippen LogP contribution is 2.47. The average molecular weight is 171 g/mol. The Labute approximate surface area is 60.8 Å². The molecule has 0 N–H and O–H groups in total. The fourth-order valence-electron chi connectivity index (χ4n) is 0.372. The smallest absolute Gasteiger partial charge is 0.287 e. The molecule has 0 saturated heterocycles. The quantitative estimate of drug-likeness (QED) is 0.479. The van der Waals surface area contributed by atoms with Crippen LogP contribution >= 0.6 is 18.0 Å². The predicted octanol–water partition coefficient (Wildman–Crippen LogP) is 2.86. The summed E-state index contributed by atoms with van der Waals surface area (Å²) in [5, 5.41) is 0. The standard InChI is InChI=1S/C5H12ClO2P/c1-3-4-5-8-9(2,6)7/h3-5H2,1-2H3/t9-/m0/s1. The molecule has 0 amide bonds. The molecule has 0 aliphatic rings. The van der Waals surface area contributed by atoms with Gasteiger partial charge in [-0.05, 0) is 17.7 Å². The third-order valence-corrected chi connectivity index (χ3v) is 1.76. The normalized spacial score (nSPS) is 17.2. The molecule has 0 aliphatic carbocycles. The molecular formula is C5H12ClO2P. The lowest BCUT2D eigenvalue weighted by molar-refractivity contribution is 0.319. The minimum absolute atomic E-state index is 0.508. The molecule has 56 valence electrons. The van der Waals surface area contributed by atoms with Crippen LogP contribution in [0.2, 0.25) is 0 Å². The first-order valence-corrected chi connectivity index (χ1v) is 5.95. The highest BCUT2D eigenvalue weighted by molar-refractivity contribution is 7.84. The van der Waals surface area contributed by atoms with Crippen LogP contribution in [0.5, 0.6) is 0 Å². The van der Waals surface area contributed by atoms with E-state index in [4.69, 9.17) is 15.8 Å². The topological polar surface area (TPSA) is 26.3 Å². The van der Waals surface area contributed by atoms with Gasteiger partial charge in [0.05, 0.1) is 6.61 Å². The molecule has 0 radical (unpaired) electrons. The van der Waals surface area contributed by atoms with Crippen molar-refractivity contribution in [2.75, 3.05) is 13.3 Å². The van der Waals surface area contributed by atoms with Crippen molar-refractivity contribution < 1.29 is 9.09 Å². The first-order valence-electron chi connectivity index (χ1n) is 2.98. The van der Waals surface area contributed by atoms with Crippen LogP contribution in [0.15, 0.2) is 0 Å². The summed E-state index contributed by atoms with van der Waals surface area (Å²) in [6, 6.07) is 0. The Balaban J connectivity index is 3.18. The Bertz CT molecular complexity index is 110. The Morgan fingerprint density at radius 3 is 2.56 bits per heavy atom. The van der Waals surface area contributed by atoms with Gasteiger partial charge in [0, 0.05) is 6.66 Å². The summed E-state index contributed by atoms with van der Waals surface area (Å²) in [5.41, 5.74) is 0. The van der Waals surface area contributed by atoms with Crippen molar-refractivity contribution in [2.45, 2.75) is 19.8 Å². The minimum Gasteiger partial charge on any atom is -0.318 e. The Morgan fingerprint density at radius 2 is 2.22 bits per heavy atom. The molecule has 9 heavy (non-hydrogen) atoms. The number of halogens is 1. The molecular weight excluding hydrogens is 158 g/mol. The molecule has 0 fully saturated rings. The zero-order valence-electron chi connectivity index (χ0n) is 5.76. The monoisotopic (exact) mass is 170 g/mol. The molecule has 2 nitrogen and oxygen atoms in total. The summed E-state index contributed by atoms with van der Waals surface area (Å²) in [4.78, 5) is 0. The first kappa shape index (κ1) is 9.48. The number of hydrogen-bond acceptors (Lipinski definition) is 2. The summed E-state index contributed by atoms with van der Waals surface area (Å²) >= 11 is 5.30. The predicted molar refractivity (Wildman–Crippen MR) is 40.2 cm³/mol. The highest BCUT2D eigenvalue weighted by Gasteiger charge is 2.08. The molecule has 0 spiro atoms. The van der Waals surface area contributed by atoms with Crippen LogP contribution in [0, 0.1) is 0 Å². The zero-order valence-corrected chi connectivity index (χ0v) is 7.41. The molecule has 0 bridgehead atoms. The maximum atomic E-state index is 10.6. The van der Waals surface area contributed by atoms with Gasteiger partial charge in [0.25, 0.3) is 6.72 Å². The lowest BCUT2D eigenvalue weighted by atomic mass is 10.4. The molecule has 0 aromatic carbocycles. The lowest BCUT2D eigenvalue weighted by Gasteiger charge is -2.03. The number of hydrogen-bond donors (Lipinski definition) is 0. The molecule has 0 aliphatic heterocycles. The number of rotatable bonds is 4. The van der Waals surface area contributed by atoms with Crippen molar-refractivity contribution >= 4 is 18.0 Å². The van der Waals surface area contributed by atoms with E-state index in [1.54, 1.807) is 0 Å². The van der Waals surface area contributed by atoms with E-state index in [1.807, 2.05) is 6.92 Å². The summed E-state index contributed by atoms with van der Waals surface area (Å²) in [6.45, 7) is 1.23. The van der Waals surface area contributed by atoms with E-state index in [2.05, 4.69) is 0 Å². The minimum atomic E-state index is -2.72. The Hall–Kier alpha value is 0.480. The van der Waals surface area contributed by atoms with Crippen LogP contribution in [0.4, 0.5) is 0 Å². The van der Waals surface area contributed by atoms with E-state index < -0.39 is 6.72 Å². The van der Waals surface area contributed by atoms with Gasteiger partial charge in [0.1, 0.15) is 0 Å². The third kappa shape index (κ3) is 8.48. The summed E-state index contributed by atoms with van der Waals surface area (Å²) in [7, 11) is 0. The van der Waals surface area contributed by atoms with Crippen molar-refractivity contribution in [2.24, 2.45) is 0 Å². The summed E-state index contributed by atoms with van der Waals surface area (Å²) in [6.07, 6.45) is 1.96. The lowest BCUT2D eigenvalue weighted by Crippen LogP contribution is -1.86. The molecule has 0 unspecified atom stereocenters. The second-order valence-electron chi connectivity index (χ2n) is 1.93. The van der Waals surface area contributed by atoms with Gasteiger partial charge in [-0.15, -0.1) is 0 Å². The highest BCUT2D eigenvalue weighted by atomic mass is 35.7. The van der Waals surface area contributed by atoms with E-state index in [9.17, 15) is 4.57 Å². The molecule has 0 aromatic heterocycles. The van der Waals surface area contributed by atoms with Gasteiger partial charge in [0.15, 0.2) is 0 Å². The Kier molecular flexibility index (Phi) is 4.55. The van der Waals surface area contributed by atoms with Crippen LogP contribution < -0.4 is 0 Å². The molecule has 1 atom stereocenters. The largest absolute Gasteiger partial charge is 0.318 e. The second kappa shape index (κ2) is 4.32. The van der Waals surface area contributed by atoms with Gasteiger partial charge >= 0.3 is 0 Å². The van der Waals surface area contributed by atoms with E-state index in [0.717, 1.165) is 12.8 Å². The fourth-order valence-corrected chi connectivity index (χ4v) is 1.03. The molecule has 0 saturated carbocycles. The van der Waals surface area contributed by atoms with Crippen molar-refractivity contribution in [3.05, 3.63) is 0 Å². The second-order valence-corrected chi connectivity index (χ2v) is 5.53. The maximum absolute atomic E-state index is 10.6. The maximum Gasteiger partial charge on any atom is 0.287 e. The van der Waals surface area contributed by atoms with Crippen LogP contribution in [0.25, 0.3) is 0 Å². The van der Waals surface area contributed by atoms with E-state index >= 15 is 0 Å². The van der Waals surface area contributed by atoms with Crippen LogP contribution in [0.3, 0.4) is 0 Å². The van der Waals surface area contributed by atoms with E-state index in [-0.39, 0.29) is 0 Å². The fraction of sp³-hybridized carbons (Fsp3) is 1.00. The van der Waals surface area contributed by atoms with Crippen molar-refractivity contribution in [1.29, 1.82) is 0 Å². The van der Waals surface area contributed by atoms with Crippen LogP contribution in [-0.4, -0.2) is 13.3 Å². The summed E-state index contributed by atoms with van der Waals surface area (Å²) in [5.74, 6) is 0.